The number of amides is 2. The van der Waals surface area contributed by atoms with Gasteiger partial charge in [0, 0.05) is 12.2 Å². The number of hydrogen-bond acceptors (Lipinski definition) is 5. The predicted molar refractivity (Wildman–Crippen MR) is 118 cm³/mol. The second-order valence-corrected chi connectivity index (χ2v) is 7.87. The van der Waals surface area contributed by atoms with Crippen LogP contribution in [0.3, 0.4) is 0 Å². The maximum atomic E-state index is 12.6. The van der Waals surface area contributed by atoms with Crippen LogP contribution >= 0.6 is 0 Å². The molecule has 1 heterocycles. The van der Waals surface area contributed by atoms with Crippen LogP contribution in [0.5, 0.6) is 5.75 Å². The van der Waals surface area contributed by atoms with E-state index >= 15 is 0 Å². The molecule has 31 heavy (non-hydrogen) atoms. The van der Waals surface area contributed by atoms with Crippen LogP contribution in [0.15, 0.2) is 42.5 Å². The maximum Gasteiger partial charge on any atom is 0.308 e. The Bertz CT molecular complexity index is 986. The Hall–Kier alpha value is -3.35. The molecule has 1 atom stereocenters. The Balaban J connectivity index is 1.58. The molecule has 0 spiro atoms. The molecule has 7 heteroatoms. The zero-order chi connectivity index (χ0) is 22.5. The fourth-order valence-corrected chi connectivity index (χ4v) is 3.48. The van der Waals surface area contributed by atoms with Gasteiger partial charge in [-0.05, 0) is 43.0 Å². The average Bonchev–Trinajstić information content (AvgIpc) is 2.74. The van der Waals surface area contributed by atoms with E-state index in [0.717, 1.165) is 16.8 Å². The molecular weight excluding hydrogens is 396 g/mol. The van der Waals surface area contributed by atoms with Gasteiger partial charge in [-0.1, -0.05) is 44.2 Å². The molecule has 2 aromatic rings. The highest BCUT2D eigenvalue weighted by atomic mass is 16.5. The van der Waals surface area contributed by atoms with E-state index in [2.05, 4.69) is 19.2 Å². The average molecular weight is 424 g/mol. The summed E-state index contributed by atoms with van der Waals surface area (Å²) in [6.45, 7) is 7.66. The number of anilines is 2. The molecule has 1 aliphatic rings. The Morgan fingerprint density at radius 3 is 2.61 bits per heavy atom. The molecule has 2 amide bonds. The highest BCUT2D eigenvalue weighted by Gasteiger charge is 2.26. The van der Waals surface area contributed by atoms with Gasteiger partial charge in [0.05, 0.1) is 12.1 Å². The Labute approximate surface area is 182 Å². The van der Waals surface area contributed by atoms with E-state index in [4.69, 9.17) is 9.47 Å². The van der Waals surface area contributed by atoms with Crippen LogP contribution in [0, 0.1) is 6.92 Å². The summed E-state index contributed by atoms with van der Waals surface area (Å²) >= 11 is 0. The number of fused-ring (bicyclic) bond motifs is 1. The molecule has 164 valence electrons. The lowest BCUT2D eigenvalue weighted by molar-refractivity contribution is -0.153. The molecular formula is C24H28N2O5. The highest BCUT2D eigenvalue weighted by Crippen LogP contribution is 2.31. The Kier molecular flexibility index (Phi) is 6.95. The molecule has 0 unspecified atom stereocenters. The van der Waals surface area contributed by atoms with Gasteiger partial charge in [-0.15, -0.1) is 0 Å². The van der Waals surface area contributed by atoms with Crippen LogP contribution in [0.1, 0.15) is 44.2 Å². The number of nitrogens with zero attached hydrogens (tertiary/aromatic N) is 1. The fourth-order valence-electron chi connectivity index (χ4n) is 3.48. The number of benzene rings is 2. The zero-order valence-corrected chi connectivity index (χ0v) is 18.3. The van der Waals surface area contributed by atoms with E-state index < -0.39 is 18.0 Å². The molecule has 3 rings (SSSR count). The lowest BCUT2D eigenvalue weighted by atomic mass is 9.98. The van der Waals surface area contributed by atoms with E-state index in [1.165, 1.54) is 11.8 Å². The van der Waals surface area contributed by atoms with Gasteiger partial charge >= 0.3 is 5.97 Å². The third kappa shape index (κ3) is 5.23. The first-order valence-electron chi connectivity index (χ1n) is 10.4. The molecule has 1 N–H and O–H groups in total. The number of ether oxygens (including phenoxy) is 2. The highest BCUT2D eigenvalue weighted by molar-refractivity contribution is 5.98. The summed E-state index contributed by atoms with van der Waals surface area (Å²) in [6.07, 6.45) is -0.987. The van der Waals surface area contributed by atoms with Gasteiger partial charge in [-0.2, -0.15) is 0 Å². The van der Waals surface area contributed by atoms with Crippen molar-refractivity contribution in [1.82, 2.24) is 0 Å². The number of nitrogens with one attached hydrogen (secondary N) is 1. The third-order valence-electron chi connectivity index (χ3n) is 5.20. The molecule has 0 saturated carbocycles. The van der Waals surface area contributed by atoms with Crippen LogP contribution < -0.4 is 15.0 Å². The fraction of sp³-hybridized carbons (Fsp3) is 0.375. The SMILES string of the molecule is Cc1cccc(C(C)C)c1NC(=O)[C@H](C)OC(=O)CCN1C(=O)COc2ccccc21. The standard InChI is InChI=1S/C24H28N2O5/c1-15(2)18-9-7-8-16(3)23(18)25-24(29)17(4)31-22(28)12-13-26-19-10-5-6-11-20(19)30-14-21(26)27/h5-11,15,17H,12-14H2,1-4H3,(H,25,29)/t17-/m0/s1. The van der Waals surface area contributed by atoms with Gasteiger partial charge in [0.2, 0.25) is 0 Å². The smallest absolute Gasteiger partial charge is 0.308 e. The minimum Gasteiger partial charge on any atom is -0.482 e. The number of esters is 1. The summed E-state index contributed by atoms with van der Waals surface area (Å²) in [5.74, 6) is -0.326. The van der Waals surface area contributed by atoms with Crippen molar-refractivity contribution in [1.29, 1.82) is 0 Å². The molecule has 1 aliphatic heterocycles. The number of carbonyl (C=O) groups excluding carboxylic acids is 3. The molecule has 0 aromatic heterocycles. The Morgan fingerprint density at radius 2 is 1.87 bits per heavy atom. The van der Waals surface area contributed by atoms with E-state index in [0.29, 0.717) is 11.4 Å². The second-order valence-electron chi connectivity index (χ2n) is 7.87. The van der Waals surface area contributed by atoms with Crippen molar-refractivity contribution in [3.8, 4) is 5.75 Å². The van der Waals surface area contributed by atoms with Crippen LogP contribution in [0.2, 0.25) is 0 Å². The molecule has 0 fully saturated rings. The lowest BCUT2D eigenvalue weighted by Crippen LogP contribution is -2.40. The monoisotopic (exact) mass is 424 g/mol. The van der Waals surface area contributed by atoms with E-state index in [9.17, 15) is 14.4 Å². The zero-order valence-electron chi connectivity index (χ0n) is 18.3. The van der Waals surface area contributed by atoms with Crippen molar-refractivity contribution >= 4 is 29.2 Å². The normalized spacial score (nSPS) is 14.0. The lowest BCUT2D eigenvalue weighted by Gasteiger charge is -2.29. The van der Waals surface area contributed by atoms with Crippen LogP contribution in [0.4, 0.5) is 11.4 Å². The molecule has 2 aromatic carbocycles. The van der Waals surface area contributed by atoms with Crippen LogP contribution in [0.25, 0.3) is 0 Å². The molecule has 0 aliphatic carbocycles. The maximum absolute atomic E-state index is 12.6. The van der Waals surface area contributed by atoms with Gasteiger partial charge < -0.3 is 19.7 Å². The summed E-state index contributed by atoms with van der Waals surface area (Å²) in [5, 5.41) is 2.89. The van der Waals surface area contributed by atoms with E-state index in [-0.39, 0.29) is 31.4 Å². The first-order chi connectivity index (χ1) is 14.8. The Morgan fingerprint density at radius 1 is 1.13 bits per heavy atom. The van der Waals surface area contributed by atoms with Crippen molar-refractivity contribution < 1.29 is 23.9 Å². The van der Waals surface area contributed by atoms with Gasteiger partial charge in [-0.3, -0.25) is 14.4 Å². The summed E-state index contributed by atoms with van der Waals surface area (Å²) in [4.78, 5) is 38.7. The quantitative estimate of drug-likeness (QED) is 0.684. The number of para-hydroxylation sites is 3. The summed E-state index contributed by atoms with van der Waals surface area (Å²) in [7, 11) is 0. The van der Waals surface area contributed by atoms with E-state index in [1.807, 2.05) is 31.2 Å². The largest absolute Gasteiger partial charge is 0.482 e. The number of aryl methyl sites for hydroxylation is 1. The number of hydrogen-bond donors (Lipinski definition) is 1. The first kappa shape index (κ1) is 22.3. The van der Waals surface area contributed by atoms with Crippen molar-refractivity contribution in [3.05, 3.63) is 53.6 Å². The minimum absolute atomic E-state index is 0.0285. The third-order valence-corrected chi connectivity index (χ3v) is 5.20. The van der Waals surface area contributed by atoms with Crippen LogP contribution in [-0.4, -0.2) is 37.0 Å². The van der Waals surface area contributed by atoms with Crippen molar-refractivity contribution in [2.24, 2.45) is 0 Å². The predicted octanol–water partition coefficient (Wildman–Crippen LogP) is 3.80. The van der Waals surface area contributed by atoms with E-state index in [1.54, 1.807) is 18.2 Å². The van der Waals surface area contributed by atoms with Gasteiger partial charge in [0.25, 0.3) is 11.8 Å². The first-order valence-corrected chi connectivity index (χ1v) is 10.4. The number of carbonyl (C=O) groups is 3. The topological polar surface area (TPSA) is 84.9 Å². The van der Waals surface area contributed by atoms with Gasteiger partial charge in [0.15, 0.2) is 12.7 Å². The minimum atomic E-state index is -0.959. The molecule has 7 nitrogen and oxygen atoms in total. The molecule has 0 radical (unpaired) electrons. The van der Waals surface area contributed by atoms with Gasteiger partial charge in [0.1, 0.15) is 5.75 Å². The second kappa shape index (κ2) is 9.64. The summed E-state index contributed by atoms with van der Waals surface area (Å²) in [5.41, 5.74) is 3.35. The van der Waals surface area contributed by atoms with Crippen molar-refractivity contribution in [2.75, 3.05) is 23.4 Å². The number of rotatable bonds is 7. The van der Waals surface area contributed by atoms with Crippen molar-refractivity contribution in [3.63, 3.8) is 0 Å². The molecule has 0 saturated heterocycles. The summed E-state index contributed by atoms with van der Waals surface area (Å²) in [6, 6.07) is 13.0. The molecule has 0 bridgehead atoms. The summed E-state index contributed by atoms with van der Waals surface area (Å²) < 4.78 is 10.7. The van der Waals surface area contributed by atoms with Crippen LogP contribution in [-0.2, 0) is 19.1 Å². The van der Waals surface area contributed by atoms with Crippen molar-refractivity contribution in [2.45, 2.75) is 46.1 Å². The van der Waals surface area contributed by atoms with Gasteiger partial charge in [-0.25, -0.2) is 0 Å².